The first kappa shape index (κ1) is 19.4. The largest absolute Gasteiger partial charge is 0.457 e. The van der Waals surface area contributed by atoms with Crippen LogP contribution in [0.25, 0.3) is 0 Å². The third-order valence-corrected chi connectivity index (χ3v) is 10.6. The Kier molecular flexibility index (Phi) is 5.53. The number of hydrogen-bond acceptors (Lipinski definition) is 4. The van der Waals surface area contributed by atoms with Crippen LogP contribution in [0.4, 0.5) is 5.69 Å². The van der Waals surface area contributed by atoms with Gasteiger partial charge in [0.05, 0.1) is 4.08 Å². The molecule has 5 rings (SSSR count). The molecule has 1 amide bonds. The van der Waals surface area contributed by atoms with Crippen LogP contribution in [0.1, 0.15) is 32.1 Å². The Morgan fingerprint density at radius 2 is 1.52 bits per heavy atom. The Hall–Kier alpha value is -1.59. The molecule has 3 nitrogen and oxygen atoms in total. The van der Waals surface area contributed by atoms with Crippen molar-refractivity contribution < 1.29 is 9.53 Å². The minimum absolute atomic E-state index is 0.151. The molecule has 1 aliphatic heterocycles. The van der Waals surface area contributed by atoms with E-state index < -0.39 is 0 Å². The maximum Gasteiger partial charge on any atom is 0.227 e. The second kappa shape index (κ2) is 8.27. The molecule has 2 aromatic rings. The molecule has 2 aromatic carbocycles. The fourth-order valence-electron chi connectivity index (χ4n) is 5.30. The molecule has 3 atom stereocenters. The molecular weight excluding hydrogens is 398 g/mol. The van der Waals surface area contributed by atoms with Crippen molar-refractivity contribution in [3.8, 4) is 11.5 Å². The van der Waals surface area contributed by atoms with Crippen molar-refractivity contribution in [1.29, 1.82) is 0 Å². The second-order valence-electron chi connectivity index (χ2n) is 8.34. The van der Waals surface area contributed by atoms with E-state index in [1.807, 2.05) is 54.6 Å². The van der Waals surface area contributed by atoms with Crippen molar-refractivity contribution in [3.05, 3.63) is 54.6 Å². The lowest BCUT2D eigenvalue weighted by molar-refractivity contribution is -0.122. The van der Waals surface area contributed by atoms with Crippen LogP contribution in [0.15, 0.2) is 54.6 Å². The van der Waals surface area contributed by atoms with Gasteiger partial charge in [0.15, 0.2) is 0 Å². The number of carbonyl (C=O) groups excluding carboxylic acids is 1. The minimum atomic E-state index is 0.151. The molecule has 2 saturated carbocycles. The van der Waals surface area contributed by atoms with E-state index in [-0.39, 0.29) is 11.8 Å². The fraction of sp³-hybridized carbons (Fsp3) is 0.458. The zero-order valence-electron chi connectivity index (χ0n) is 16.5. The molecule has 1 heterocycles. The van der Waals surface area contributed by atoms with Gasteiger partial charge in [-0.3, -0.25) is 4.79 Å². The van der Waals surface area contributed by atoms with Gasteiger partial charge in [-0.25, -0.2) is 0 Å². The Bertz CT molecular complexity index is 833. The Morgan fingerprint density at radius 1 is 0.897 bits per heavy atom. The summed E-state index contributed by atoms with van der Waals surface area (Å²) in [6.45, 7) is 0. The van der Waals surface area contributed by atoms with Gasteiger partial charge in [-0.1, -0.05) is 24.6 Å². The lowest BCUT2D eigenvalue weighted by atomic mass is 9.67. The molecule has 1 spiro atoms. The quantitative estimate of drug-likeness (QED) is 0.613. The highest BCUT2D eigenvalue weighted by Crippen LogP contribution is 2.64. The lowest BCUT2D eigenvalue weighted by Crippen LogP contribution is -2.48. The van der Waals surface area contributed by atoms with Gasteiger partial charge in [-0.05, 0) is 73.9 Å². The molecule has 152 valence electrons. The van der Waals surface area contributed by atoms with Crippen LogP contribution in [0, 0.1) is 17.8 Å². The highest BCUT2D eigenvalue weighted by molar-refractivity contribution is 8.21. The average Bonchev–Trinajstić information content (AvgIpc) is 3.19. The Balaban J connectivity index is 1.22. The second-order valence-corrected chi connectivity index (χ2v) is 11.3. The fourth-order valence-corrected chi connectivity index (χ4v) is 9.24. The number of hydrogen-bond donors (Lipinski definition) is 1. The maximum absolute atomic E-state index is 13.0. The summed E-state index contributed by atoms with van der Waals surface area (Å²) in [5, 5.41) is 3.16. The van der Waals surface area contributed by atoms with Crippen molar-refractivity contribution in [1.82, 2.24) is 0 Å². The standard InChI is InChI=1S/C24H27NO2S2/c26-23(17-15-18-5-4-6-19(16-17)24(18)28-13-14-29-24)25-20-9-11-22(12-10-20)27-21-7-2-1-3-8-21/h1-3,7-12,17-19H,4-6,13-16H2,(H,25,26)/t17?,18-,19+. The molecule has 1 unspecified atom stereocenters. The summed E-state index contributed by atoms with van der Waals surface area (Å²) in [5.74, 6) is 5.90. The minimum Gasteiger partial charge on any atom is -0.457 e. The topological polar surface area (TPSA) is 38.3 Å². The van der Waals surface area contributed by atoms with Crippen molar-refractivity contribution in [2.75, 3.05) is 16.8 Å². The summed E-state index contributed by atoms with van der Waals surface area (Å²) in [6, 6.07) is 17.4. The number of carbonyl (C=O) groups is 1. The van der Waals surface area contributed by atoms with Gasteiger partial charge < -0.3 is 10.1 Å². The predicted molar refractivity (Wildman–Crippen MR) is 123 cm³/mol. The van der Waals surface area contributed by atoms with Crippen molar-refractivity contribution in [2.45, 2.75) is 36.2 Å². The number of anilines is 1. The molecule has 29 heavy (non-hydrogen) atoms. The van der Waals surface area contributed by atoms with Crippen LogP contribution in [0.3, 0.4) is 0 Å². The van der Waals surface area contributed by atoms with Gasteiger partial charge >= 0.3 is 0 Å². The molecular formula is C24H27NO2S2. The first-order chi connectivity index (χ1) is 14.2. The summed E-state index contributed by atoms with van der Waals surface area (Å²) in [5.41, 5.74) is 0.852. The highest BCUT2D eigenvalue weighted by Gasteiger charge is 2.55. The Labute approximate surface area is 181 Å². The van der Waals surface area contributed by atoms with E-state index in [9.17, 15) is 4.79 Å². The van der Waals surface area contributed by atoms with Crippen molar-refractivity contribution in [2.24, 2.45) is 17.8 Å². The SMILES string of the molecule is O=C(Nc1ccc(Oc2ccccc2)cc1)C1C[C@H]2CCC[C@@H](C1)C21SCCS1. The van der Waals surface area contributed by atoms with Gasteiger partial charge in [0.1, 0.15) is 11.5 Å². The van der Waals surface area contributed by atoms with Crippen molar-refractivity contribution in [3.63, 3.8) is 0 Å². The predicted octanol–water partition coefficient (Wildman–Crippen LogP) is 6.42. The Morgan fingerprint density at radius 3 is 2.17 bits per heavy atom. The maximum atomic E-state index is 13.0. The van der Waals surface area contributed by atoms with Gasteiger partial charge in [0.2, 0.25) is 5.91 Å². The van der Waals surface area contributed by atoms with E-state index in [0.29, 0.717) is 15.9 Å². The molecule has 0 aromatic heterocycles. The molecule has 0 radical (unpaired) electrons. The number of thioether (sulfide) groups is 2. The molecule has 2 aliphatic carbocycles. The van der Waals surface area contributed by atoms with Crippen LogP contribution in [0.2, 0.25) is 0 Å². The zero-order valence-corrected chi connectivity index (χ0v) is 18.1. The molecule has 1 saturated heterocycles. The zero-order chi connectivity index (χ0) is 19.7. The number of nitrogens with one attached hydrogen (secondary N) is 1. The number of amides is 1. The number of benzene rings is 2. The van der Waals surface area contributed by atoms with E-state index >= 15 is 0 Å². The average molecular weight is 426 g/mol. The summed E-state index contributed by atoms with van der Waals surface area (Å²) in [6.07, 6.45) is 6.04. The first-order valence-corrected chi connectivity index (χ1v) is 12.6. The van der Waals surface area contributed by atoms with Crippen LogP contribution in [-0.2, 0) is 4.79 Å². The van der Waals surface area contributed by atoms with Crippen LogP contribution < -0.4 is 10.1 Å². The van der Waals surface area contributed by atoms with E-state index in [2.05, 4.69) is 28.8 Å². The summed E-state index contributed by atoms with van der Waals surface area (Å²) in [4.78, 5) is 13.0. The molecule has 5 heteroatoms. The molecule has 3 fully saturated rings. The highest BCUT2D eigenvalue weighted by atomic mass is 32.2. The molecule has 3 aliphatic rings. The van der Waals surface area contributed by atoms with E-state index in [0.717, 1.165) is 30.0 Å². The monoisotopic (exact) mass is 425 g/mol. The van der Waals surface area contributed by atoms with Crippen LogP contribution in [0.5, 0.6) is 11.5 Å². The van der Waals surface area contributed by atoms with Crippen molar-refractivity contribution >= 4 is 35.1 Å². The number of rotatable bonds is 4. The number of para-hydroxylation sites is 1. The summed E-state index contributed by atoms with van der Waals surface area (Å²) >= 11 is 4.39. The van der Waals surface area contributed by atoms with E-state index in [4.69, 9.17) is 4.74 Å². The van der Waals surface area contributed by atoms with E-state index in [1.165, 1.54) is 30.8 Å². The van der Waals surface area contributed by atoms with Crippen LogP contribution >= 0.6 is 23.5 Å². The lowest BCUT2D eigenvalue weighted by Gasteiger charge is -2.52. The normalized spacial score (nSPS) is 27.5. The van der Waals surface area contributed by atoms with Gasteiger partial charge in [-0.2, -0.15) is 0 Å². The molecule has 1 N–H and O–H groups in total. The third kappa shape index (κ3) is 3.91. The first-order valence-electron chi connectivity index (χ1n) is 10.6. The van der Waals surface area contributed by atoms with Gasteiger partial charge in [0, 0.05) is 23.1 Å². The summed E-state index contributed by atoms with van der Waals surface area (Å²) in [7, 11) is 0. The smallest absolute Gasteiger partial charge is 0.227 e. The molecule has 2 bridgehead atoms. The van der Waals surface area contributed by atoms with Crippen LogP contribution in [-0.4, -0.2) is 21.5 Å². The third-order valence-electron chi connectivity index (χ3n) is 6.59. The number of ether oxygens (including phenoxy) is 1. The van der Waals surface area contributed by atoms with Gasteiger partial charge in [-0.15, -0.1) is 23.5 Å². The van der Waals surface area contributed by atoms with E-state index in [1.54, 1.807) is 0 Å². The summed E-state index contributed by atoms with van der Waals surface area (Å²) < 4.78 is 6.26. The van der Waals surface area contributed by atoms with Gasteiger partial charge in [0.25, 0.3) is 0 Å².